The van der Waals surface area contributed by atoms with Crippen LogP contribution in [0, 0.1) is 5.92 Å². The number of tetrazole rings is 1. The Morgan fingerprint density at radius 2 is 2.00 bits per heavy atom. The van der Waals surface area contributed by atoms with Gasteiger partial charge in [-0.05, 0) is 62.0 Å². The van der Waals surface area contributed by atoms with E-state index in [2.05, 4.69) is 32.4 Å². The van der Waals surface area contributed by atoms with E-state index in [0.29, 0.717) is 6.04 Å². The normalized spacial score (nSPS) is 32.4. The highest BCUT2D eigenvalue weighted by atomic mass is 15.6. The van der Waals surface area contributed by atoms with E-state index in [0.717, 1.165) is 31.0 Å². The van der Waals surface area contributed by atoms with Gasteiger partial charge in [0.15, 0.2) is 0 Å². The lowest BCUT2D eigenvalue weighted by molar-refractivity contribution is 0.102. The molecule has 1 saturated carbocycles. The molecule has 2 unspecified atom stereocenters. The molecule has 6 nitrogen and oxygen atoms in total. The predicted octanol–water partition coefficient (Wildman–Crippen LogP) is 0.928. The summed E-state index contributed by atoms with van der Waals surface area (Å²) in [7, 11) is 2.28. The van der Waals surface area contributed by atoms with Gasteiger partial charge in [0.1, 0.15) is 0 Å². The molecule has 0 aromatic carbocycles. The largest absolute Gasteiger partial charge is 0.339 e. The Bertz CT molecular complexity index is 454. The van der Waals surface area contributed by atoms with Gasteiger partial charge in [-0.15, -0.1) is 0 Å². The number of hydrogen-bond donors (Lipinski definition) is 0. The first-order valence-corrected chi connectivity index (χ1v) is 7.56. The first-order valence-electron chi connectivity index (χ1n) is 7.56. The van der Waals surface area contributed by atoms with Gasteiger partial charge in [0.2, 0.25) is 5.95 Å². The second kappa shape index (κ2) is 4.44. The first-order chi connectivity index (χ1) is 9.33. The Morgan fingerprint density at radius 3 is 2.84 bits per heavy atom. The summed E-state index contributed by atoms with van der Waals surface area (Å²) in [5, 5.41) is 12.3. The van der Waals surface area contributed by atoms with Crippen molar-refractivity contribution in [1.82, 2.24) is 25.1 Å². The molecule has 104 valence electrons. The number of hydrogen-bond acceptors (Lipinski definition) is 5. The van der Waals surface area contributed by atoms with E-state index >= 15 is 0 Å². The van der Waals surface area contributed by atoms with Crippen LogP contribution in [0.15, 0.2) is 0 Å². The molecule has 2 saturated heterocycles. The molecule has 1 aliphatic carbocycles. The van der Waals surface area contributed by atoms with Gasteiger partial charge in [-0.25, -0.2) is 4.68 Å². The maximum absolute atomic E-state index is 4.27. The molecule has 3 aliphatic rings. The lowest BCUT2D eigenvalue weighted by atomic mass is 9.84. The molecule has 2 atom stereocenters. The SMILES string of the molecule is CN1CCCC2CN(c3nnnn3C3CC3)CCC21. The van der Waals surface area contributed by atoms with Crippen molar-refractivity contribution in [3.63, 3.8) is 0 Å². The number of piperidine rings is 2. The molecule has 0 N–H and O–H groups in total. The van der Waals surface area contributed by atoms with Crippen molar-refractivity contribution in [2.75, 3.05) is 31.6 Å². The summed E-state index contributed by atoms with van der Waals surface area (Å²) in [4.78, 5) is 4.97. The van der Waals surface area contributed by atoms with Gasteiger partial charge in [0, 0.05) is 19.1 Å². The van der Waals surface area contributed by atoms with Gasteiger partial charge in [-0.1, -0.05) is 5.10 Å². The second-order valence-corrected chi connectivity index (χ2v) is 6.34. The fraction of sp³-hybridized carbons (Fsp3) is 0.923. The Labute approximate surface area is 113 Å². The van der Waals surface area contributed by atoms with Crippen molar-refractivity contribution < 1.29 is 0 Å². The van der Waals surface area contributed by atoms with Crippen LogP contribution in [0.5, 0.6) is 0 Å². The van der Waals surface area contributed by atoms with E-state index in [9.17, 15) is 0 Å². The van der Waals surface area contributed by atoms with Crippen LogP contribution in [0.1, 0.15) is 38.1 Å². The molecule has 3 fully saturated rings. The zero-order valence-corrected chi connectivity index (χ0v) is 11.6. The highest BCUT2D eigenvalue weighted by molar-refractivity contribution is 5.31. The molecule has 0 radical (unpaired) electrons. The smallest absolute Gasteiger partial charge is 0.245 e. The molecule has 2 aliphatic heterocycles. The van der Waals surface area contributed by atoms with Crippen LogP contribution in [0.25, 0.3) is 0 Å². The van der Waals surface area contributed by atoms with Crippen LogP contribution in [-0.2, 0) is 0 Å². The van der Waals surface area contributed by atoms with Crippen LogP contribution in [0.3, 0.4) is 0 Å². The molecular weight excluding hydrogens is 240 g/mol. The van der Waals surface area contributed by atoms with E-state index in [1.165, 1.54) is 38.6 Å². The van der Waals surface area contributed by atoms with Crippen LogP contribution < -0.4 is 4.90 Å². The molecule has 3 heterocycles. The minimum absolute atomic E-state index is 0.566. The minimum Gasteiger partial charge on any atom is -0.339 e. The Morgan fingerprint density at radius 1 is 1.11 bits per heavy atom. The standard InChI is InChI=1S/C13H22N6/c1-17-7-2-3-10-9-18(8-6-12(10)17)13-14-15-16-19(13)11-4-5-11/h10-12H,2-9H2,1H3. The quantitative estimate of drug-likeness (QED) is 0.793. The molecular formula is C13H22N6. The predicted molar refractivity (Wildman–Crippen MR) is 72.1 cm³/mol. The van der Waals surface area contributed by atoms with Gasteiger partial charge in [-0.3, -0.25) is 0 Å². The van der Waals surface area contributed by atoms with Gasteiger partial charge in [0.05, 0.1) is 6.04 Å². The fourth-order valence-corrected chi connectivity index (χ4v) is 3.79. The number of aromatic nitrogens is 4. The lowest BCUT2D eigenvalue weighted by Gasteiger charge is -2.45. The van der Waals surface area contributed by atoms with Crippen LogP contribution in [-0.4, -0.2) is 57.8 Å². The maximum atomic E-state index is 4.27. The maximum Gasteiger partial charge on any atom is 0.245 e. The number of anilines is 1. The lowest BCUT2D eigenvalue weighted by Crippen LogP contribution is -2.53. The average Bonchev–Trinajstić information content (AvgIpc) is 3.16. The van der Waals surface area contributed by atoms with Crippen LogP contribution >= 0.6 is 0 Å². The molecule has 1 aromatic rings. The summed E-state index contributed by atoms with van der Waals surface area (Å²) in [6, 6.07) is 1.34. The molecule has 0 spiro atoms. The van der Waals surface area contributed by atoms with Gasteiger partial charge in [0.25, 0.3) is 0 Å². The average molecular weight is 262 g/mol. The third-order valence-corrected chi connectivity index (χ3v) is 5.00. The Kier molecular flexibility index (Phi) is 2.72. The second-order valence-electron chi connectivity index (χ2n) is 6.34. The number of likely N-dealkylation sites (tertiary alicyclic amines) is 1. The summed E-state index contributed by atoms with van der Waals surface area (Å²) < 4.78 is 2.05. The van der Waals surface area contributed by atoms with E-state index in [1.54, 1.807) is 0 Å². The first kappa shape index (κ1) is 11.6. The summed E-state index contributed by atoms with van der Waals surface area (Å²) in [6.07, 6.45) is 6.41. The van der Waals surface area contributed by atoms with Crippen molar-refractivity contribution in [3.05, 3.63) is 0 Å². The zero-order chi connectivity index (χ0) is 12.8. The van der Waals surface area contributed by atoms with E-state index in [1.807, 2.05) is 4.68 Å². The number of fused-ring (bicyclic) bond motifs is 1. The molecule has 0 amide bonds. The van der Waals surface area contributed by atoms with Crippen LogP contribution in [0.2, 0.25) is 0 Å². The molecule has 0 bridgehead atoms. The topological polar surface area (TPSA) is 50.1 Å². The molecule has 1 aromatic heterocycles. The minimum atomic E-state index is 0.566. The summed E-state index contributed by atoms with van der Waals surface area (Å²) in [5.41, 5.74) is 0. The Hall–Kier alpha value is -1.17. The zero-order valence-electron chi connectivity index (χ0n) is 11.6. The van der Waals surface area contributed by atoms with E-state index < -0.39 is 0 Å². The number of nitrogens with zero attached hydrogens (tertiary/aromatic N) is 6. The molecule has 6 heteroatoms. The summed E-state index contributed by atoms with van der Waals surface area (Å²) in [5.74, 6) is 1.80. The molecule has 4 rings (SSSR count). The van der Waals surface area contributed by atoms with Crippen molar-refractivity contribution >= 4 is 5.95 Å². The number of rotatable bonds is 2. The van der Waals surface area contributed by atoms with E-state index in [4.69, 9.17) is 0 Å². The monoisotopic (exact) mass is 262 g/mol. The molecule has 19 heavy (non-hydrogen) atoms. The highest BCUT2D eigenvalue weighted by Gasteiger charge is 2.37. The highest BCUT2D eigenvalue weighted by Crippen LogP contribution is 2.38. The summed E-state index contributed by atoms with van der Waals surface area (Å²) >= 11 is 0. The third-order valence-electron chi connectivity index (χ3n) is 5.00. The van der Waals surface area contributed by atoms with Gasteiger partial charge >= 0.3 is 0 Å². The Balaban J connectivity index is 1.52. The van der Waals surface area contributed by atoms with Crippen molar-refractivity contribution in [2.45, 2.75) is 44.2 Å². The van der Waals surface area contributed by atoms with Crippen molar-refractivity contribution in [1.29, 1.82) is 0 Å². The van der Waals surface area contributed by atoms with Crippen molar-refractivity contribution in [2.24, 2.45) is 5.92 Å². The summed E-state index contributed by atoms with van der Waals surface area (Å²) in [6.45, 7) is 3.49. The fourth-order valence-electron chi connectivity index (χ4n) is 3.79. The van der Waals surface area contributed by atoms with Gasteiger partial charge < -0.3 is 9.80 Å². The van der Waals surface area contributed by atoms with Gasteiger partial charge in [-0.2, -0.15) is 0 Å². The third kappa shape index (κ3) is 2.02. The van der Waals surface area contributed by atoms with Crippen LogP contribution in [0.4, 0.5) is 5.95 Å². The van der Waals surface area contributed by atoms with E-state index in [-0.39, 0.29) is 0 Å². The van der Waals surface area contributed by atoms with Crippen molar-refractivity contribution in [3.8, 4) is 0 Å².